The largest absolute Gasteiger partial charge is 0.481 e. The van der Waals surface area contributed by atoms with Gasteiger partial charge in [0.1, 0.15) is 0 Å². The third-order valence-electron chi connectivity index (χ3n) is 3.25. The third-order valence-corrected chi connectivity index (χ3v) is 3.25. The van der Waals surface area contributed by atoms with Crippen molar-refractivity contribution in [2.75, 3.05) is 0 Å². The van der Waals surface area contributed by atoms with E-state index in [0.717, 1.165) is 25.1 Å². The number of nitrogens with zero attached hydrogens (tertiary/aromatic N) is 3. The minimum absolute atomic E-state index is 0.220. The molecule has 0 fully saturated rings. The van der Waals surface area contributed by atoms with Gasteiger partial charge >= 0.3 is 5.97 Å². The van der Waals surface area contributed by atoms with Crippen LogP contribution in [0.25, 0.3) is 0 Å². The number of carbonyl (C=O) groups is 1. The molecule has 106 valence electrons. The van der Waals surface area contributed by atoms with Crippen LogP contribution in [0, 0.1) is 6.92 Å². The van der Waals surface area contributed by atoms with E-state index in [9.17, 15) is 4.79 Å². The maximum absolute atomic E-state index is 10.4. The van der Waals surface area contributed by atoms with Gasteiger partial charge in [0.05, 0.1) is 12.2 Å². The first-order valence-electron chi connectivity index (χ1n) is 6.80. The predicted octanol–water partition coefficient (Wildman–Crippen LogP) is 2.43. The summed E-state index contributed by atoms with van der Waals surface area (Å²) in [7, 11) is 0. The lowest BCUT2D eigenvalue weighted by Crippen LogP contribution is -2.01. The molecule has 1 aromatic heterocycles. The molecular weight excluding hydrogens is 254 g/mol. The molecule has 5 heteroatoms. The van der Waals surface area contributed by atoms with Crippen LogP contribution in [0.5, 0.6) is 0 Å². The van der Waals surface area contributed by atoms with E-state index in [1.807, 2.05) is 23.0 Å². The molecule has 5 nitrogen and oxygen atoms in total. The van der Waals surface area contributed by atoms with Crippen molar-refractivity contribution in [3.8, 4) is 0 Å². The second-order valence-corrected chi connectivity index (χ2v) is 4.93. The van der Waals surface area contributed by atoms with E-state index >= 15 is 0 Å². The lowest BCUT2D eigenvalue weighted by atomic mass is 10.1. The van der Waals surface area contributed by atoms with Crippen LogP contribution < -0.4 is 0 Å². The first-order valence-corrected chi connectivity index (χ1v) is 6.80. The van der Waals surface area contributed by atoms with E-state index in [4.69, 9.17) is 5.11 Å². The monoisotopic (exact) mass is 273 g/mol. The SMILES string of the molecule is Cc1ccccc1Cn1cc(CCCCC(=O)O)nn1. The molecule has 1 heterocycles. The summed E-state index contributed by atoms with van der Waals surface area (Å²) in [6, 6.07) is 8.21. The molecule has 0 aliphatic carbocycles. The number of benzene rings is 1. The first kappa shape index (κ1) is 14.2. The molecule has 2 aromatic rings. The van der Waals surface area contributed by atoms with Gasteiger partial charge in [-0.25, -0.2) is 4.68 Å². The fraction of sp³-hybridized carbons (Fsp3) is 0.400. The zero-order valence-corrected chi connectivity index (χ0v) is 11.6. The quantitative estimate of drug-likeness (QED) is 0.787. The number of aromatic nitrogens is 3. The van der Waals surface area contributed by atoms with Crippen molar-refractivity contribution in [3.63, 3.8) is 0 Å². The van der Waals surface area contributed by atoms with E-state index in [1.165, 1.54) is 11.1 Å². The number of carboxylic acid groups (broad SMARTS) is 1. The van der Waals surface area contributed by atoms with Crippen LogP contribution in [-0.4, -0.2) is 26.1 Å². The molecule has 0 unspecified atom stereocenters. The molecule has 0 saturated carbocycles. The van der Waals surface area contributed by atoms with Gasteiger partial charge in [0.25, 0.3) is 0 Å². The maximum Gasteiger partial charge on any atom is 0.303 e. The van der Waals surface area contributed by atoms with Gasteiger partial charge in [-0.2, -0.15) is 0 Å². The summed E-state index contributed by atoms with van der Waals surface area (Å²) in [5.41, 5.74) is 3.39. The summed E-state index contributed by atoms with van der Waals surface area (Å²) in [6.07, 6.45) is 4.45. The standard InChI is InChI=1S/C15H19N3O2/c1-12-6-2-3-7-13(12)10-18-11-14(16-17-18)8-4-5-9-15(19)20/h2-3,6-7,11H,4-5,8-10H2,1H3,(H,19,20). The van der Waals surface area contributed by atoms with Crippen LogP contribution in [0.1, 0.15) is 36.1 Å². The molecule has 1 N–H and O–H groups in total. The van der Waals surface area contributed by atoms with Crippen molar-refractivity contribution >= 4 is 5.97 Å². The molecule has 0 spiro atoms. The van der Waals surface area contributed by atoms with Crippen molar-refractivity contribution in [2.24, 2.45) is 0 Å². The van der Waals surface area contributed by atoms with Crippen molar-refractivity contribution in [2.45, 2.75) is 39.2 Å². The zero-order valence-electron chi connectivity index (χ0n) is 11.6. The van der Waals surface area contributed by atoms with E-state index in [0.29, 0.717) is 6.42 Å². The van der Waals surface area contributed by atoms with Gasteiger partial charge in [0, 0.05) is 12.6 Å². The highest BCUT2D eigenvalue weighted by Crippen LogP contribution is 2.09. The molecule has 0 radical (unpaired) electrons. The van der Waals surface area contributed by atoms with E-state index in [1.54, 1.807) is 0 Å². The number of aryl methyl sites for hydroxylation is 2. The van der Waals surface area contributed by atoms with Crippen LogP contribution in [0.15, 0.2) is 30.5 Å². The van der Waals surface area contributed by atoms with Gasteiger partial charge in [-0.1, -0.05) is 29.5 Å². The summed E-state index contributed by atoms with van der Waals surface area (Å²) < 4.78 is 1.83. The Hall–Kier alpha value is -2.17. The lowest BCUT2D eigenvalue weighted by molar-refractivity contribution is -0.137. The van der Waals surface area contributed by atoms with E-state index in [-0.39, 0.29) is 6.42 Å². The van der Waals surface area contributed by atoms with Crippen LogP contribution >= 0.6 is 0 Å². The Morgan fingerprint density at radius 1 is 1.30 bits per heavy atom. The Kier molecular flexibility index (Phi) is 4.87. The molecule has 20 heavy (non-hydrogen) atoms. The summed E-state index contributed by atoms with van der Waals surface area (Å²) in [5, 5.41) is 16.8. The summed E-state index contributed by atoms with van der Waals surface area (Å²) in [5.74, 6) is -0.742. The molecule has 1 aromatic carbocycles. The van der Waals surface area contributed by atoms with E-state index in [2.05, 4.69) is 29.4 Å². The minimum Gasteiger partial charge on any atom is -0.481 e. The first-order chi connectivity index (χ1) is 9.65. The average molecular weight is 273 g/mol. The molecular formula is C15H19N3O2. The molecule has 0 aliphatic rings. The number of hydrogen-bond donors (Lipinski definition) is 1. The van der Waals surface area contributed by atoms with E-state index < -0.39 is 5.97 Å². The third kappa shape index (κ3) is 4.19. The molecule has 0 atom stereocenters. The summed E-state index contributed by atoms with van der Waals surface area (Å²) in [4.78, 5) is 10.4. The highest BCUT2D eigenvalue weighted by molar-refractivity contribution is 5.66. The smallest absolute Gasteiger partial charge is 0.303 e. The topological polar surface area (TPSA) is 68.0 Å². The predicted molar refractivity (Wildman–Crippen MR) is 75.5 cm³/mol. The van der Waals surface area contributed by atoms with Crippen molar-refractivity contribution in [3.05, 3.63) is 47.3 Å². The van der Waals surface area contributed by atoms with Gasteiger partial charge in [-0.15, -0.1) is 5.10 Å². The second-order valence-electron chi connectivity index (χ2n) is 4.93. The Balaban J connectivity index is 1.86. The Bertz CT molecular complexity index is 578. The normalized spacial score (nSPS) is 10.7. The fourth-order valence-corrected chi connectivity index (χ4v) is 2.07. The van der Waals surface area contributed by atoms with Gasteiger partial charge in [0.2, 0.25) is 0 Å². The molecule has 0 bridgehead atoms. The molecule has 0 aliphatic heterocycles. The summed E-state index contributed by atoms with van der Waals surface area (Å²) >= 11 is 0. The van der Waals surface area contributed by atoms with Crippen LogP contribution in [0.4, 0.5) is 0 Å². The van der Waals surface area contributed by atoms with Crippen LogP contribution in [0.2, 0.25) is 0 Å². The zero-order chi connectivity index (χ0) is 14.4. The highest BCUT2D eigenvalue weighted by Gasteiger charge is 2.04. The van der Waals surface area contributed by atoms with Crippen molar-refractivity contribution in [1.29, 1.82) is 0 Å². The Morgan fingerprint density at radius 2 is 2.10 bits per heavy atom. The van der Waals surface area contributed by atoms with Gasteiger partial charge in [-0.3, -0.25) is 4.79 Å². The number of rotatable bonds is 7. The van der Waals surface area contributed by atoms with Crippen LogP contribution in [0.3, 0.4) is 0 Å². The maximum atomic E-state index is 10.4. The molecule has 2 rings (SSSR count). The Morgan fingerprint density at radius 3 is 2.85 bits per heavy atom. The van der Waals surface area contributed by atoms with Gasteiger partial charge in [-0.05, 0) is 37.3 Å². The number of aliphatic carboxylic acids is 1. The average Bonchev–Trinajstić information content (AvgIpc) is 2.85. The van der Waals surface area contributed by atoms with Gasteiger partial charge in [0.15, 0.2) is 0 Å². The number of hydrogen-bond acceptors (Lipinski definition) is 3. The second kappa shape index (κ2) is 6.84. The fourth-order valence-electron chi connectivity index (χ4n) is 2.07. The lowest BCUT2D eigenvalue weighted by Gasteiger charge is -2.04. The van der Waals surface area contributed by atoms with Crippen LogP contribution in [-0.2, 0) is 17.8 Å². The number of carboxylic acids is 1. The van der Waals surface area contributed by atoms with Crippen molar-refractivity contribution in [1.82, 2.24) is 15.0 Å². The highest BCUT2D eigenvalue weighted by atomic mass is 16.4. The molecule has 0 saturated heterocycles. The number of unbranched alkanes of at least 4 members (excludes halogenated alkanes) is 1. The Labute approximate surface area is 118 Å². The minimum atomic E-state index is -0.742. The molecule has 0 amide bonds. The van der Waals surface area contributed by atoms with Crippen molar-refractivity contribution < 1.29 is 9.90 Å². The summed E-state index contributed by atoms with van der Waals surface area (Å²) in [6.45, 7) is 2.80. The van der Waals surface area contributed by atoms with Gasteiger partial charge < -0.3 is 5.11 Å².